The van der Waals surface area contributed by atoms with E-state index in [-0.39, 0.29) is 5.56 Å². The smallest absolute Gasteiger partial charge is 0.434 e. The molecule has 0 aliphatic carbocycles. The molecular formula is C12H6F4N2O2. The van der Waals surface area contributed by atoms with E-state index in [9.17, 15) is 22.4 Å². The maximum atomic E-state index is 13.0. The molecule has 0 atom stereocenters. The van der Waals surface area contributed by atoms with Gasteiger partial charge in [0.05, 0.1) is 0 Å². The molecule has 0 aliphatic rings. The van der Waals surface area contributed by atoms with Gasteiger partial charge in [0.2, 0.25) is 0 Å². The Balaban J connectivity index is 2.61. The standard InChI is InChI=1S/C12H6F4N2O2/c13-7-3-1-2-6(4-7)10-17-5-8(11(19)20)9(18-10)12(14,15)16/h1-5H,(H,19,20). The van der Waals surface area contributed by atoms with Crippen LogP contribution in [0.1, 0.15) is 16.1 Å². The molecule has 0 saturated heterocycles. The van der Waals surface area contributed by atoms with E-state index in [1.165, 1.54) is 12.1 Å². The van der Waals surface area contributed by atoms with Gasteiger partial charge in [-0.1, -0.05) is 12.1 Å². The van der Waals surface area contributed by atoms with Crippen molar-refractivity contribution in [1.82, 2.24) is 9.97 Å². The molecule has 0 bridgehead atoms. The second-order valence-corrected chi connectivity index (χ2v) is 3.77. The normalized spacial score (nSPS) is 11.4. The van der Waals surface area contributed by atoms with E-state index in [2.05, 4.69) is 9.97 Å². The van der Waals surface area contributed by atoms with Crippen LogP contribution >= 0.6 is 0 Å². The molecule has 0 spiro atoms. The van der Waals surface area contributed by atoms with Crippen LogP contribution in [0.25, 0.3) is 11.4 Å². The number of aromatic carboxylic acids is 1. The second kappa shape index (κ2) is 4.87. The van der Waals surface area contributed by atoms with Crippen LogP contribution in [0.3, 0.4) is 0 Å². The van der Waals surface area contributed by atoms with Gasteiger partial charge < -0.3 is 5.11 Å². The summed E-state index contributed by atoms with van der Waals surface area (Å²) in [6, 6.07) is 4.67. The number of aromatic nitrogens is 2. The molecule has 0 fully saturated rings. The van der Waals surface area contributed by atoms with Crippen LogP contribution in [-0.4, -0.2) is 21.0 Å². The summed E-state index contributed by atoms with van der Waals surface area (Å²) < 4.78 is 51.3. The van der Waals surface area contributed by atoms with Gasteiger partial charge in [-0.25, -0.2) is 19.2 Å². The summed E-state index contributed by atoms with van der Waals surface area (Å²) in [4.78, 5) is 17.5. The van der Waals surface area contributed by atoms with Crippen molar-refractivity contribution in [1.29, 1.82) is 0 Å². The lowest BCUT2D eigenvalue weighted by atomic mass is 10.1. The molecule has 0 aliphatic heterocycles. The Morgan fingerprint density at radius 2 is 1.95 bits per heavy atom. The topological polar surface area (TPSA) is 63.1 Å². The summed E-state index contributed by atoms with van der Waals surface area (Å²) in [5.41, 5.74) is -2.61. The Hall–Kier alpha value is -2.51. The zero-order chi connectivity index (χ0) is 14.9. The number of carbonyl (C=O) groups is 1. The van der Waals surface area contributed by atoms with Gasteiger partial charge in [-0.3, -0.25) is 0 Å². The van der Waals surface area contributed by atoms with Gasteiger partial charge in [0, 0.05) is 11.8 Å². The molecule has 2 rings (SSSR count). The van der Waals surface area contributed by atoms with Gasteiger partial charge in [0.25, 0.3) is 0 Å². The number of benzene rings is 1. The number of nitrogens with zero attached hydrogens (tertiary/aromatic N) is 2. The maximum absolute atomic E-state index is 13.0. The molecule has 0 saturated carbocycles. The predicted octanol–water partition coefficient (Wildman–Crippen LogP) is 3.00. The average molecular weight is 286 g/mol. The Labute approximate surface area is 109 Å². The Morgan fingerprint density at radius 3 is 2.50 bits per heavy atom. The first-order chi connectivity index (χ1) is 9.29. The highest BCUT2D eigenvalue weighted by atomic mass is 19.4. The molecule has 0 radical (unpaired) electrons. The molecule has 8 heteroatoms. The zero-order valence-electron chi connectivity index (χ0n) is 9.65. The molecule has 1 heterocycles. The Morgan fingerprint density at radius 1 is 1.25 bits per heavy atom. The van der Waals surface area contributed by atoms with Crippen LogP contribution in [0.5, 0.6) is 0 Å². The van der Waals surface area contributed by atoms with Crippen LogP contribution in [0, 0.1) is 5.82 Å². The monoisotopic (exact) mass is 286 g/mol. The molecule has 104 valence electrons. The van der Waals surface area contributed by atoms with Crippen LogP contribution in [0.15, 0.2) is 30.5 Å². The fourth-order valence-electron chi connectivity index (χ4n) is 1.52. The number of carboxylic acids is 1. The van der Waals surface area contributed by atoms with Crippen molar-refractivity contribution in [2.75, 3.05) is 0 Å². The van der Waals surface area contributed by atoms with Crippen molar-refractivity contribution in [3.8, 4) is 11.4 Å². The molecule has 1 aromatic heterocycles. The summed E-state index contributed by atoms with van der Waals surface area (Å²) in [6.07, 6.45) is -4.39. The van der Waals surface area contributed by atoms with Crippen molar-refractivity contribution < 1.29 is 27.5 Å². The van der Waals surface area contributed by atoms with Crippen LogP contribution in [-0.2, 0) is 6.18 Å². The minimum Gasteiger partial charge on any atom is -0.478 e. The highest BCUT2D eigenvalue weighted by Gasteiger charge is 2.38. The summed E-state index contributed by atoms with van der Waals surface area (Å²) in [7, 11) is 0. The third kappa shape index (κ3) is 2.73. The maximum Gasteiger partial charge on any atom is 0.434 e. The highest BCUT2D eigenvalue weighted by molar-refractivity contribution is 5.89. The fourth-order valence-corrected chi connectivity index (χ4v) is 1.52. The van der Waals surface area contributed by atoms with Gasteiger partial charge in [0.1, 0.15) is 11.4 Å². The summed E-state index contributed by atoms with van der Waals surface area (Å²) >= 11 is 0. The van der Waals surface area contributed by atoms with E-state index >= 15 is 0 Å². The Kier molecular flexibility index (Phi) is 3.39. The summed E-state index contributed by atoms with van der Waals surface area (Å²) in [5.74, 6) is -2.85. The van der Waals surface area contributed by atoms with E-state index in [0.717, 1.165) is 12.1 Å². The minimum absolute atomic E-state index is 0.0208. The molecule has 20 heavy (non-hydrogen) atoms. The first-order valence-corrected chi connectivity index (χ1v) is 5.22. The van der Waals surface area contributed by atoms with Gasteiger partial charge in [-0.2, -0.15) is 13.2 Å². The van der Waals surface area contributed by atoms with Crippen LogP contribution in [0.2, 0.25) is 0 Å². The van der Waals surface area contributed by atoms with Crippen molar-refractivity contribution >= 4 is 5.97 Å². The van der Waals surface area contributed by atoms with Crippen molar-refractivity contribution in [3.05, 3.63) is 47.5 Å². The van der Waals surface area contributed by atoms with Gasteiger partial charge >= 0.3 is 12.1 Å². The number of carboxylic acid groups (broad SMARTS) is 1. The molecule has 1 N–H and O–H groups in total. The lowest BCUT2D eigenvalue weighted by Gasteiger charge is -2.10. The van der Waals surface area contributed by atoms with E-state index < -0.39 is 35.0 Å². The van der Waals surface area contributed by atoms with Crippen molar-refractivity contribution in [2.45, 2.75) is 6.18 Å². The minimum atomic E-state index is -4.95. The average Bonchev–Trinajstić information content (AvgIpc) is 2.37. The fraction of sp³-hybridized carbons (Fsp3) is 0.0833. The lowest BCUT2D eigenvalue weighted by molar-refractivity contribution is -0.141. The number of hydrogen-bond donors (Lipinski definition) is 1. The zero-order valence-corrected chi connectivity index (χ0v) is 9.65. The van der Waals surface area contributed by atoms with Crippen LogP contribution in [0.4, 0.5) is 17.6 Å². The molecule has 0 amide bonds. The molecular weight excluding hydrogens is 280 g/mol. The summed E-state index contributed by atoms with van der Waals surface area (Å²) in [6.45, 7) is 0. The van der Waals surface area contributed by atoms with Gasteiger partial charge in [-0.05, 0) is 12.1 Å². The first kappa shape index (κ1) is 13.9. The molecule has 0 unspecified atom stereocenters. The Bertz CT molecular complexity index is 671. The van der Waals surface area contributed by atoms with Crippen molar-refractivity contribution in [3.63, 3.8) is 0 Å². The van der Waals surface area contributed by atoms with Crippen molar-refractivity contribution in [2.24, 2.45) is 0 Å². The predicted molar refractivity (Wildman–Crippen MR) is 59.4 cm³/mol. The van der Waals surface area contributed by atoms with E-state index in [1.807, 2.05) is 0 Å². The number of alkyl halides is 3. The first-order valence-electron chi connectivity index (χ1n) is 5.22. The third-order valence-electron chi connectivity index (χ3n) is 2.37. The van der Waals surface area contributed by atoms with E-state index in [0.29, 0.717) is 6.20 Å². The SMILES string of the molecule is O=C(O)c1cnc(-c2cccc(F)c2)nc1C(F)(F)F. The van der Waals surface area contributed by atoms with E-state index in [4.69, 9.17) is 5.11 Å². The molecule has 1 aromatic carbocycles. The lowest BCUT2D eigenvalue weighted by Crippen LogP contribution is -2.16. The second-order valence-electron chi connectivity index (χ2n) is 3.77. The third-order valence-corrected chi connectivity index (χ3v) is 2.37. The number of rotatable bonds is 2. The number of halogens is 4. The molecule has 2 aromatic rings. The van der Waals surface area contributed by atoms with Crippen LogP contribution < -0.4 is 0 Å². The largest absolute Gasteiger partial charge is 0.478 e. The quantitative estimate of drug-likeness (QED) is 0.862. The van der Waals surface area contributed by atoms with E-state index in [1.54, 1.807) is 0 Å². The van der Waals surface area contributed by atoms with Gasteiger partial charge in [-0.15, -0.1) is 0 Å². The van der Waals surface area contributed by atoms with Gasteiger partial charge in [0.15, 0.2) is 11.5 Å². The molecule has 4 nitrogen and oxygen atoms in total. The summed E-state index contributed by atoms with van der Waals surface area (Å²) in [5, 5.41) is 8.69. The number of hydrogen-bond acceptors (Lipinski definition) is 3. The highest BCUT2D eigenvalue weighted by Crippen LogP contribution is 2.31.